The summed E-state index contributed by atoms with van der Waals surface area (Å²) in [7, 11) is 0. The van der Waals surface area contributed by atoms with E-state index in [1.54, 1.807) is 0 Å². The molecule has 1 radical (unpaired) electrons. The Bertz CT molecular complexity index is 8.00. The van der Waals surface area contributed by atoms with Gasteiger partial charge in [0.2, 0.25) is 0 Å². The Hall–Kier alpha value is 1.59. The molecular weight excluding hydrogens is 307 g/mol. The van der Waals surface area contributed by atoms with Gasteiger partial charge in [-0.3, -0.25) is 0 Å². The molecular formula is FeOVW. The second kappa shape index (κ2) is 23.4. The zero-order valence-corrected chi connectivity index (χ0v) is 7.05. The van der Waals surface area contributed by atoms with Crippen LogP contribution in [0, 0.1) is 0 Å². The summed E-state index contributed by atoms with van der Waals surface area (Å²) in [6.45, 7) is 0. The largest absolute Gasteiger partial charge is 0 e. The first-order valence-electron chi connectivity index (χ1n) is 0.167. The van der Waals surface area contributed by atoms with E-state index in [0.717, 1.165) is 0 Å². The van der Waals surface area contributed by atoms with Crippen LogP contribution in [0.2, 0.25) is 0 Å². The van der Waals surface area contributed by atoms with Crippen LogP contribution in [0.3, 0.4) is 0 Å². The van der Waals surface area contributed by atoms with Crippen LogP contribution in [-0.2, 0) is 58.8 Å². The monoisotopic (exact) mass is 307 g/mol. The van der Waals surface area contributed by atoms with Crippen LogP contribution in [0.1, 0.15) is 0 Å². The predicted octanol–water partition coefficient (Wildman–Crippen LogP) is -0.126. The summed E-state index contributed by atoms with van der Waals surface area (Å²) in [4.78, 5) is 0. The minimum Gasteiger partial charge on any atom is 0 e. The van der Waals surface area contributed by atoms with E-state index in [9.17, 15) is 0 Å². The molecule has 1 nitrogen and oxygen atoms in total. The van der Waals surface area contributed by atoms with Crippen LogP contribution in [0.4, 0.5) is 0 Å². The van der Waals surface area contributed by atoms with Crippen LogP contribution in [0.25, 0.3) is 0 Å². The first-order valence-corrected chi connectivity index (χ1v) is 1.36. The topological polar surface area (TPSA) is 17.1 Å². The van der Waals surface area contributed by atoms with Gasteiger partial charge >= 0.3 is 23.2 Å². The molecule has 0 spiro atoms. The Labute approximate surface area is 58.5 Å². The molecule has 0 aromatic carbocycles. The molecule has 0 saturated heterocycles. The molecule has 0 aliphatic rings. The van der Waals surface area contributed by atoms with Crippen molar-refractivity contribution >= 4 is 0 Å². The Morgan fingerprint density at radius 3 is 1.25 bits per heavy atom. The second-order valence-corrected chi connectivity index (χ2v) is 0. The van der Waals surface area contributed by atoms with Gasteiger partial charge in [-0.05, 0) is 0 Å². The van der Waals surface area contributed by atoms with Gasteiger partial charge in [0.15, 0.2) is 0 Å². The van der Waals surface area contributed by atoms with Crippen LogP contribution < -0.4 is 0 Å². The molecule has 0 bridgehead atoms. The summed E-state index contributed by atoms with van der Waals surface area (Å²) in [5.74, 6) is 0. The third kappa shape index (κ3) is 9.52. The van der Waals surface area contributed by atoms with E-state index < -0.39 is 0 Å². The van der Waals surface area contributed by atoms with Crippen LogP contribution in [-0.4, -0.2) is 0 Å². The van der Waals surface area contributed by atoms with Crippen LogP contribution >= 0.6 is 0 Å². The molecule has 0 aromatic rings. The molecule has 4 heavy (non-hydrogen) atoms. The summed E-state index contributed by atoms with van der Waals surface area (Å²) in [6, 6.07) is 0. The molecule has 0 amide bonds. The van der Waals surface area contributed by atoms with Crippen molar-refractivity contribution in [2.75, 3.05) is 0 Å². The molecule has 0 heterocycles. The first kappa shape index (κ1) is 17.6. The van der Waals surface area contributed by atoms with E-state index in [0.29, 0.717) is 19.8 Å². The minimum atomic E-state index is 0. The summed E-state index contributed by atoms with van der Waals surface area (Å²) in [5.41, 5.74) is 0. The van der Waals surface area contributed by atoms with E-state index in [4.69, 9.17) is 3.40 Å². The summed E-state index contributed by atoms with van der Waals surface area (Å²) in [6.07, 6.45) is 0. The molecule has 0 atom stereocenters. The number of rotatable bonds is 0. The standard InChI is InChI=1S/Fe.O.V.W. The fraction of sp³-hybridized carbons (Fsp3) is 0. The van der Waals surface area contributed by atoms with Gasteiger partial charge in [-0.15, -0.1) is 0 Å². The summed E-state index contributed by atoms with van der Waals surface area (Å²) >= 11 is 0.333. The normalized spacial score (nSPS) is 1.00. The molecule has 0 fully saturated rings. The maximum Gasteiger partial charge on any atom is 0 e. The molecule has 0 saturated carbocycles. The first-order chi connectivity index (χ1) is 1.00. The van der Waals surface area contributed by atoms with Crippen molar-refractivity contribution in [2.45, 2.75) is 0 Å². The van der Waals surface area contributed by atoms with E-state index in [-0.39, 0.29) is 35.6 Å². The van der Waals surface area contributed by atoms with Gasteiger partial charge in [0.25, 0.3) is 0 Å². The third-order valence-electron chi connectivity index (χ3n) is 0. The maximum atomic E-state index is 8.33. The van der Waals surface area contributed by atoms with Crippen molar-refractivity contribution in [1.29, 1.82) is 0 Å². The molecule has 4 heteroatoms. The summed E-state index contributed by atoms with van der Waals surface area (Å²) in [5, 5.41) is 0. The Morgan fingerprint density at radius 1 is 1.25 bits per heavy atom. The van der Waals surface area contributed by atoms with E-state index in [2.05, 4.69) is 0 Å². The Kier molecular flexibility index (Phi) is 103. The van der Waals surface area contributed by atoms with E-state index in [1.165, 1.54) is 0 Å². The minimum absolute atomic E-state index is 0. The molecule has 0 unspecified atom stereocenters. The average Bonchev–Trinajstić information content (AvgIpc) is 1.00. The van der Waals surface area contributed by atoms with Crippen molar-refractivity contribution in [3.8, 4) is 0 Å². The van der Waals surface area contributed by atoms with Gasteiger partial charge in [0.05, 0.1) is 0 Å². The molecule has 0 aliphatic carbocycles. The van der Waals surface area contributed by atoms with Crippen molar-refractivity contribution in [3.05, 3.63) is 0 Å². The van der Waals surface area contributed by atoms with Gasteiger partial charge in [-0.25, -0.2) is 0 Å². The predicted molar refractivity (Wildman–Crippen MR) is 0.686 cm³/mol. The smallest absolute Gasteiger partial charge is 0 e. The van der Waals surface area contributed by atoms with Gasteiger partial charge in [0, 0.05) is 35.6 Å². The second-order valence-electron chi connectivity index (χ2n) is 0. The Balaban J connectivity index is -0.00000000500. The van der Waals surface area contributed by atoms with Gasteiger partial charge in [-0.2, -0.15) is 0 Å². The molecule has 0 aromatic heterocycles. The number of hydrogen-bond donors (Lipinski definition) is 0. The van der Waals surface area contributed by atoms with Crippen molar-refractivity contribution in [2.24, 2.45) is 0 Å². The zero-order valence-electron chi connectivity index (χ0n) is 1.62. The van der Waals surface area contributed by atoms with Crippen molar-refractivity contribution in [1.82, 2.24) is 0 Å². The molecule has 0 rings (SSSR count). The molecule has 0 aliphatic heterocycles. The third-order valence-corrected chi connectivity index (χ3v) is 0. The number of hydrogen-bond acceptors (Lipinski definition) is 1. The van der Waals surface area contributed by atoms with E-state index >= 15 is 0 Å². The van der Waals surface area contributed by atoms with Crippen molar-refractivity contribution in [3.63, 3.8) is 0 Å². The van der Waals surface area contributed by atoms with Gasteiger partial charge < -0.3 is 0 Å². The summed E-state index contributed by atoms with van der Waals surface area (Å²) < 4.78 is 8.33. The fourth-order valence-electron chi connectivity index (χ4n) is 0. The van der Waals surface area contributed by atoms with E-state index in [1.807, 2.05) is 0 Å². The van der Waals surface area contributed by atoms with Crippen LogP contribution in [0.15, 0.2) is 0 Å². The Morgan fingerprint density at radius 2 is 1.25 bits per heavy atom. The van der Waals surface area contributed by atoms with Crippen LogP contribution in [0.5, 0.6) is 0 Å². The van der Waals surface area contributed by atoms with Gasteiger partial charge in [-0.1, -0.05) is 0 Å². The molecule has 0 N–H and O–H groups in total. The molecule has 25 valence electrons. The SMILES string of the molecule is [Fe].[O]=[W].[V]. The zero-order chi connectivity index (χ0) is 2.00. The average molecular weight is 307 g/mol. The van der Waals surface area contributed by atoms with Crippen molar-refractivity contribution < 1.29 is 58.8 Å². The van der Waals surface area contributed by atoms with Gasteiger partial charge in [0.1, 0.15) is 0 Å². The quantitative estimate of drug-likeness (QED) is 0.570. The fourth-order valence-corrected chi connectivity index (χ4v) is 0. The maximum absolute atomic E-state index is 8.33.